The number of rotatable bonds is 5. The van der Waals surface area contributed by atoms with Crippen molar-refractivity contribution in [2.24, 2.45) is 0 Å². The molecule has 1 N–H and O–H groups in total. The van der Waals surface area contributed by atoms with Gasteiger partial charge in [0.1, 0.15) is 0 Å². The Morgan fingerprint density at radius 1 is 1.62 bits per heavy atom. The third-order valence-corrected chi connectivity index (χ3v) is 3.85. The number of nitrogens with one attached hydrogen (secondary N) is 1. The number of amides is 2. The Labute approximate surface area is 109 Å². The molecule has 1 aromatic rings. The normalized spacial score (nSPS) is 10.2. The molecular weight excluding hydrogens is 288 g/mol. The SMILES string of the molecule is CCCCNC(=O)N(C)Cc1cc(Br)cs1. The molecule has 0 aromatic carbocycles. The predicted octanol–water partition coefficient (Wildman–Crippen LogP) is 3.45. The standard InChI is InChI=1S/C11H17BrN2OS/c1-3-4-5-13-11(15)14(2)7-10-6-9(12)8-16-10/h6,8H,3-5,7H2,1-2H3,(H,13,15). The Morgan fingerprint density at radius 2 is 2.38 bits per heavy atom. The van der Waals surface area contributed by atoms with Crippen LogP contribution in [0.25, 0.3) is 0 Å². The van der Waals surface area contributed by atoms with Crippen LogP contribution in [-0.2, 0) is 6.54 Å². The maximum Gasteiger partial charge on any atom is 0.317 e. The molecule has 0 aliphatic carbocycles. The number of carbonyl (C=O) groups excluding carboxylic acids is 1. The third kappa shape index (κ3) is 4.53. The van der Waals surface area contributed by atoms with Crippen molar-refractivity contribution in [3.8, 4) is 0 Å². The van der Waals surface area contributed by atoms with Crippen molar-refractivity contribution >= 4 is 33.3 Å². The van der Waals surface area contributed by atoms with Crippen molar-refractivity contribution in [2.45, 2.75) is 26.3 Å². The summed E-state index contributed by atoms with van der Waals surface area (Å²) in [5.41, 5.74) is 0. The fourth-order valence-corrected chi connectivity index (χ4v) is 2.75. The summed E-state index contributed by atoms with van der Waals surface area (Å²) in [5, 5.41) is 4.92. The highest BCUT2D eigenvalue weighted by molar-refractivity contribution is 9.10. The highest BCUT2D eigenvalue weighted by atomic mass is 79.9. The van der Waals surface area contributed by atoms with E-state index < -0.39 is 0 Å². The van der Waals surface area contributed by atoms with Crippen LogP contribution in [0.2, 0.25) is 0 Å². The Balaban J connectivity index is 2.34. The molecule has 0 unspecified atom stereocenters. The van der Waals surface area contributed by atoms with E-state index in [4.69, 9.17) is 0 Å². The Bertz CT molecular complexity index is 340. The molecule has 0 atom stereocenters. The minimum Gasteiger partial charge on any atom is -0.338 e. The van der Waals surface area contributed by atoms with E-state index in [-0.39, 0.29) is 6.03 Å². The van der Waals surface area contributed by atoms with Gasteiger partial charge in [0.25, 0.3) is 0 Å². The van der Waals surface area contributed by atoms with Gasteiger partial charge in [-0.15, -0.1) is 11.3 Å². The number of thiophene rings is 1. The molecule has 90 valence electrons. The smallest absolute Gasteiger partial charge is 0.317 e. The zero-order valence-electron chi connectivity index (χ0n) is 9.62. The highest BCUT2D eigenvalue weighted by Gasteiger charge is 2.09. The van der Waals surface area contributed by atoms with Gasteiger partial charge in [0.15, 0.2) is 0 Å². The molecule has 0 aliphatic heterocycles. The maximum absolute atomic E-state index is 11.6. The second-order valence-electron chi connectivity index (χ2n) is 3.67. The van der Waals surface area contributed by atoms with Crippen molar-refractivity contribution < 1.29 is 4.79 Å². The second kappa shape index (κ2) is 6.91. The van der Waals surface area contributed by atoms with Gasteiger partial charge < -0.3 is 10.2 Å². The van der Waals surface area contributed by atoms with E-state index >= 15 is 0 Å². The van der Waals surface area contributed by atoms with Crippen LogP contribution >= 0.6 is 27.3 Å². The van der Waals surface area contributed by atoms with Gasteiger partial charge in [-0.1, -0.05) is 13.3 Å². The van der Waals surface area contributed by atoms with Gasteiger partial charge in [0.05, 0.1) is 6.54 Å². The Hall–Kier alpha value is -0.550. The van der Waals surface area contributed by atoms with Crippen molar-refractivity contribution in [1.29, 1.82) is 0 Å². The van der Waals surface area contributed by atoms with Crippen LogP contribution in [0.5, 0.6) is 0 Å². The lowest BCUT2D eigenvalue weighted by atomic mass is 10.3. The summed E-state index contributed by atoms with van der Waals surface area (Å²) in [6, 6.07) is 2.04. The van der Waals surface area contributed by atoms with Crippen LogP contribution in [0.4, 0.5) is 4.79 Å². The summed E-state index contributed by atoms with van der Waals surface area (Å²) in [6.45, 7) is 3.53. The molecule has 1 heterocycles. The molecule has 1 aromatic heterocycles. The quantitative estimate of drug-likeness (QED) is 0.830. The number of nitrogens with zero attached hydrogens (tertiary/aromatic N) is 1. The minimum atomic E-state index is -0.00188. The largest absolute Gasteiger partial charge is 0.338 e. The third-order valence-electron chi connectivity index (χ3n) is 2.17. The summed E-state index contributed by atoms with van der Waals surface area (Å²) in [5.74, 6) is 0. The molecule has 0 saturated carbocycles. The molecule has 1 rings (SSSR count). The maximum atomic E-state index is 11.6. The van der Waals surface area contributed by atoms with Gasteiger partial charge in [0, 0.05) is 28.3 Å². The molecular formula is C11H17BrN2OS. The molecule has 0 aliphatic rings. The van der Waals surface area contributed by atoms with Crippen LogP contribution in [0.15, 0.2) is 15.9 Å². The molecule has 16 heavy (non-hydrogen) atoms. The summed E-state index contributed by atoms with van der Waals surface area (Å²) < 4.78 is 1.08. The summed E-state index contributed by atoms with van der Waals surface area (Å²) in [4.78, 5) is 14.5. The summed E-state index contributed by atoms with van der Waals surface area (Å²) in [6.07, 6.45) is 2.13. The zero-order chi connectivity index (χ0) is 12.0. The van der Waals surface area contributed by atoms with Crippen molar-refractivity contribution in [3.63, 3.8) is 0 Å². The lowest BCUT2D eigenvalue weighted by molar-refractivity contribution is 0.207. The molecule has 0 saturated heterocycles. The first kappa shape index (κ1) is 13.5. The topological polar surface area (TPSA) is 32.3 Å². The van der Waals surface area contributed by atoms with Crippen LogP contribution in [0.3, 0.4) is 0 Å². The van der Waals surface area contributed by atoms with Crippen LogP contribution in [0, 0.1) is 0 Å². The molecule has 0 bridgehead atoms. The summed E-state index contributed by atoms with van der Waals surface area (Å²) >= 11 is 5.06. The number of halogens is 1. The van der Waals surface area contributed by atoms with Gasteiger partial charge >= 0.3 is 6.03 Å². The van der Waals surface area contributed by atoms with Gasteiger partial charge in [-0.25, -0.2) is 4.79 Å². The van der Waals surface area contributed by atoms with Crippen LogP contribution in [-0.4, -0.2) is 24.5 Å². The van der Waals surface area contributed by atoms with E-state index in [2.05, 4.69) is 28.2 Å². The monoisotopic (exact) mass is 304 g/mol. The van der Waals surface area contributed by atoms with Crippen LogP contribution in [0.1, 0.15) is 24.6 Å². The van der Waals surface area contributed by atoms with E-state index in [0.29, 0.717) is 6.54 Å². The van der Waals surface area contributed by atoms with E-state index in [0.717, 1.165) is 23.9 Å². The van der Waals surface area contributed by atoms with Gasteiger partial charge in [-0.2, -0.15) is 0 Å². The van der Waals surface area contributed by atoms with E-state index in [1.54, 1.807) is 16.2 Å². The molecule has 0 radical (unpaired) electrons. The van der Waals surface area contributed by atoms with Gasteiger partial charge in [-0.05, 0) is 28.4 Å². The number of carbonyl (C=O) groups is 1. The fourth-order valence-electron chi connectivity index (χ4n) is 1.25. The average Bonchev–Trinajstić information content (AvgIpc) is 2.64. The first-order chi connectivity index (χ1) is 7.63. The second-order valence-corrected chi connectivity index (χ2v) is 5.58. The molecule has 0 spiro atoms. The van der Waals surface area contributed by atoms with Crippen molar-refractivity contribution in [1.82, 2.24) is 10.2 Å². The first-order valence-corrected chi connectivity index (χ1v) is 7.02. The zero-order valence-corrected chi connectivity index (χ0v) is 12.0. The fraction of sp³-hybridized carbons (Fsp3) is 0.545. The number of unbranched alkanes of at least 4 members (excludes halogenated alkanes) is 1. The Kier molecular flexibility index (Phi) is 5.84. The number of urea groups is 1. The van der Waals surface area contributed by atoms with Crippen molar-refractivity contribution in [3.05, 3.63) is 20.8 Å². The lowest BCUT2D eigenvalue weighted by Crippen LogP contribution is -2.37. The molecule has 0 fully saturated rings. The molecule has 2 amide bonds. The van der Waals surface area contributed by atoms with E-state index in [1.807, 2.05) is 18.5 Å². The first-order valence-electron chi connectivity index (χ1n) is 5.35. The highest BCUT2D eigenvalue weighted by Crippen LogP contribution is 2.20. The van der Waals surface area contributed by atoms with Crippen molar-refractivity contribution in [2.75, 3.05) is 13.6 Å². The van der Waals surface area contributed by atoms with Gasteiger partial charge in [0.2, 0.25) is 0 Å². The summed E-state index contributed by atoms with van der Waals surface area (Å²) in [7, 11) is 1.81. The van der Waals surface area contributed by atoms with E-state index in [9.17, 15) is 4.79 Å². The molecule has 3 nitrogen and oxygen atoms in total. The Morgan fingerprint density at radius 3 is 2.94 bits per heavy atom. The minimum absolute atomic E-state index is 0.00188. The number of hydrogen-bond acceptors (Lipinski definition) is 2. The lowest BCUT2D eigenvalue weighted by Gasteiger charge is -2.16. The average molecular weight is 305 g/mol. The number of hydrogen-bond donors (Lipinski definition) is 1. The van der Waals surface area contributed by atoms with Crippen LogP contribution < -0.4 is 5.32 Å². The van der Waals surface area contributed by atoms with E-state index in [1.165, 1.54) is 4.88 Å². The molecule has 5 heteroatoms. The predicted molar refractivity (Wildman–Crippen MR) is 71.8 cm³/mol. The van der Waals surface area contributed by atoms with Gasteiger partial charge in [-0.3, -0.25) is 0 Å².